The summed E-state index contributed by atoms with van der Waals surface area (Å²) >= 11 is 0. The van der Waals surface area contributed by atoms with Gasteiger partial charge in [-0.25, -0.2) is 0 Å². The molecule has 12 aromatic rings. The second-order valence-electron chi connectivity index (χ2n) is 20.5. The average molecular weight is 2190 g/mol. The maximum absolute atomic E-state index is 10.7. The largest absolute Gasteiger partial charge is 1.00 e. The van der Waals surface area contributed by atoms with Crippen molar-refractivity contribution >= 4 is 31.2 Å². The molecule has 60 heteroatoms. The quantitative estimate of drug-likeness (QED) is 0.0448. The fraction of sp³-hybridized carbons (Fsp3) is 0.0667. The van der Waals surface area contributed by atoms with Crippen molar-refractivity contribution in [1.29, 1.82) is 0 Å². The summed E-state index contributed by atoms with van der Waals surface area (Å²) in [5.74, 6) is 0. The van der Waals surface area contributed by atoms with E-state index >= 15 is 0 Å². The van der Waals surface area contributed by atoms with Crippen molar-refractivity contribution in [2.45, 2.75) is 0 Å². The predicted octanol–water partition coefficient (Wildman–Crippen LogP) is 23.5. The molecule has 28 nitrogen and oxygen atoms in total. The van der Waals surface area contributed by atoms with Crippen LogP contribution in [0.5, 0.6) is 0 Å². The summed E-state index contributed by atoms with van der Waals surface area (Å²) in [4.78, 5) is 67.1. The number of halogens is 24. The molecule has 0 aliphatic heterocycles. The molecule has 0 aliphatic carbocycles. The van der Waals surface area contributed by atoms with Crippen molar-refractivity contribution in [1.82, 2.24) is 80.7 Å². The van der Waals surface area contributed by atoms with E-state index < -0.39 is 50.9 Å². The Kier molecular flexibility index (Phi) is 44.9. The summed E-state index contributed by atoms with van der Waals surface area (Å²) in [6, 6.07) is 60.9. The number of hydrogen-bond donors (Lipinski definition) is 0. The Hall–Kier alpha value is -9.88. The van der Waals surface area contributed by atoms with Crippen LogP contribution in [-0.2, 0) is 89.5 Å². The van der Waals surface area contributed by atoms with Gasteiger partial charge in [0.05, 0.1) is 45.6 Å². The van der Waals surface area contributed by atoms with Gasteiger partial charge in [-0.1, -0.05) is 48.5 Å². The van der Waals surface area contributed by atoms with Gasteiger partial charge >= 0.3 is 221 Å². The molecule has 0 aromatic carbocycles. The van der Waals surface area contributed by atoms with Crippen molar-refractivity contribution in [3.63, 3.8) is 0 Å². The molecule has 672 valence electrons. The molecule has 0 saturated carbocycles. The van der Waals surface area contributed by atoms with E-state index in [2.05, 4.69) is 80.7 Å². The molecule has 0 fully saturated rings. The molecule has 12 rings (SSSR count). The summed E-state index contributed by atoms with van der Waals surface area (Å²) in [6.45, 7) is 0. The molecule has 0 bridgehead atoms. The number of rotatable bonds is 8. The van der Waals surface area contributed by atoms with Gasteiger partial charge in [0.15, 0.2) is 28.2 Å². The number of nitrogens with zero attached hydrogens (tertiary/aromatic N) is 20. The summed E-state index contributed by atoms with van der Waals surface area (Å²) in [6.07, 6.45) is 13.9. The Bertz CT molecular complexity index is 4080. The molecule has 0 saturated heterocycles. The van der Waals surface area contributed by atoms with Crippen LogP contribution in [-0.4, -0.2) is 129 Å². The standard InChI is InChI=1S/4C14H10N4.4CH3NO2.4Ag.4F6P/c4*1-3-9-15-11(5-1)13-7-8-14(18-17-13)12-6-2-4-10-16-12;4*1-2(3)4;;;;;4*1-7(2,3,4,5)6/h4*1-10H;4*1H3;;;;;;;;/q;;;;;;;;4*+1;4*-1. The van der Waals surface area contributed by atoms with E-state index in [1.54, 1.807) is 49.6 Å². The molecule has 12 aromatic heterocycles. The van der Waals surface area contributed by atoms with Crippen LogP contribution in [0.2, 0.25) is 0 Å². The average Bonchev–Trinajstić information content (AvgIpc) is 0.799. The van der Waals surface area contributed by atoms with E-state index in [1.165, 1.54) is 0 Å². The molecule has 0 aliphatic rings. The van der Waals surface area contributed by atoms with Crippen LogP contribution in [0.3, 0.4) is 0 Å². The van der Waals surface area contributed by atoms with Gasteiger partial charge in [-0.15, -0.1) is 40.8 Å². The Morgan fingerprint density at radius 1 is 0.183 bits per heavy atom. The SMILES string of the molecule is C[N+](=O)[O-].C[N+](=O)[O-].C[N+](=O)[O-].C[N+](=O)[O-].F[P-](F)(F)(F)(F)F.F[P-](F)(F)(F)(F)F.F[P-](F)(F)(F)(F)F.F[P-](F)(F)(F)(F)F.[Ag+].[Ag+].[Ag+].[Ag+].c1ccc(-c2ccc(-c3ccccn3)nn2)nc1.c1ccc(-c2ccc(-c3ccccn3)nn2)nc1.c1ccc(-c2ccc(-c3ccccn3)nn2)nc1.c1ccc(-c2ccc(-c3ccccn3)nn2)nc1. The van der Waals surface area contributed by atoms with E-state index in [0.29, 0.717) is 0 Å². The molecule has 0 amide bonds. The van der Waals surface area contributed by atoms with E-state index in [1.807, 2.05) is 194 Å². The Balaban J connectivity index is -0.000000638. The van der Waals surface area contributed by atoms with Crippen LogP contribution >= 0.6 is 31.2 Å². The molecule has 0 N–H and O–H groups in total. The Labute approximate surface area is 720 Å². The van der Waals surface area contributed by atoms with Gasteiger partial charge in [-0.2, -0.15) is 0 Å². The first kappa shape index (κ1) is 116. The first-order valence-electron chi connectivity index (χ1n) is 29.7. The van der Waals surface area contributed by atoms with E-state index in [0.717, 1.165) is 119 Å². The number of aromatic nitrogens is 16. The van der Waals surface area contributed by atoms with Crippen LogP contribution in [0.4, 0.5) is 101 Å². The van der Waals surface area contributed by atoms with Crippen LogP contribution in [0, 0.1) is 40.5 Å². The third-order valence-electron chi connectivity index (χ3n) is 10.1. The van der Waals surface area contributed by atoms with Gasteiger partial charge in [-0.05, 0) is 146 Å². The van der Waals surface area contributed by atoms with Crippen LogP contribution in [0.15, 0.2) is 244 Å². The van der Waals surface area contributed by atoms with E-state index in [9.17, 15) is 101 Å². The normalized spacial score (nSPS) is 12.4. The molecular formula is C60H52Ag4F24N20O8P4. The first-order valence-corrected chi connectivity index (χ1v) is 37.8. The van der Waals surface area contributed by atoms with Crippen molar-refractivity contribution in [3.8, 4) is 91.1 Å². The van der Waals surface area contributed by atoms with Crippen LogP contribution in [0.1, 0.15) is 0 Å². The number of nitro groups is 4. The molecule has 0 radical (unpaired) electrons. The zero-order chi connectivity index (χ0) is 88.8. The smallest absolute Gasteiger partial charge is 0.255 e. The van der Waals surface area contributed by atoms with Gasteiger partial charge in [-0.3, -0.25) is 80.3 Å². The number of pyridine rings is 8. The summed E-state index contributed by atoms with van der Waals surface area (Å²) < 4.78 is 237. The van der Waals surface area contributed by atoms with E-state index in [-0.39, 0.29) is 89.5 Å². The van der Waals surface area contributed by atoms with Crippen molar-refractivity contribution < 1.29 is 210 Å². The van der Waals surface area contributed by atoms with Gasteiger partial charge in [0.1, 0.15) is 45.6 Å². The number of hydrogen-bond acceptors (Lipinski definition) is 24. The minimum atomic E-state index is -10.7. The van der Waals surface area contributed by atoms with Crippen LogP contribution in [0.25, 0.3) is 91.1 Å². The van der Waals surface area contributed by atoms with E-state index in [4.69, 9.17) is 40.5 Å². The van der Waals surface area contributed by atoms with Gasteiger partial charge < -0.3 is 0 Å². The zero-order valence-corrected chi connectivity index (χ0v) is 68.9. The Morgan fingerprint density at radius 3 is 0.308 bits per heavy atom. The minimum absolute atomic E-state index is 0. The zero-order valence-electron chi connectivity index (χ0n) is 59.4. The third kappa shape index (κ3) is 78.0. The minimum Gasteiger partial charge on any atom is -0.255 e. The van der Waals surface area contributed by atoms with Crippen molar-refractivity contribution in [3.05, 3.63) is 284 Å². The molecule has 12 heterocycles. The van der Waals surface area contributed by atoms with Gasteiger partial charge in [0, 0.05) is 69.3 Å². The third-order valence-corrected chi connectivity index (χ3v) is 10.1. The van der Waals surface area contributed by atoms with Gasteiger partial charge in [0.25, 0.3) is 0 Å². The first-order chi connectivity index (χ1) is 52.5. The molecule has 0 atom stereocenters. The second-order valence-corrected chi connectivity index (χ2v) is 28.2. The fourth-order valence-corrected chi connectivity index (χ4v) is 6.54. The molecule has 0 unspecified atom stereocenters. The topological polar surface area (TPSA) is 379 Å². The Morgan fingerprint density at radius 2 is 0.258 bits per heavy atom. The fourth-order valence-electron chi connectivity index (χ4n) is 6.54. The summed E-state index contributed by atoms with van der Waals surface area (Å²) in [5.41, 5.74) is 12.6. The van der Waals surface area contributed by atoms with Gasteiger partial charge in [0.2, 0.25) is 0 Å². The summed E-state index contributed by atoms with van der Waals surface area (Å²) in [5, 5.41) is 68.6. The van der Waals surface area contributed by atoms with Crippen LogP contribution < -0.4 is 0 Å². The summed E-state index contributed by atoms with van der Waals surface area (Å²) in [7, 11) is -39.1. The monoisotopic (exact) mass is 2190 g/mol. The van der Waals surface area contributed by atoms with Crippen molar-refractivity contribution in [2.24, 2.45) is 0 Å². The second kappa shape index (κ2) is 46.2. The molecule has 120 heavy (non-hydrogen) atoms. The predicted molar refractivity (Wildman–Crippen MR) is 380 cm³/mol. The molecular weight excluding hydrogens is 2140 g/mol. The van der Waals surface area contributed by atoms with Crippen molar-refractivity contribution in [2.75, 3.05) is 28.2 Å². The molecule has 0 spiro atoms. The maximum atomic E-state index is 9.87. The maximum Gasteiger partial charge on any atom is 1.00 e.